The number of carbonyl (C=O) groups is 1. The van der Waals surface area contributed by atoms with Crippen molar-refractivity contribution in [3.8, 4) is 11.1 Å². The maximum atomic E-state index is 13.0. The molecule has 0 heterocycles. The third-order valence-corrected chi connectivity index (χ3v) is 4.83. The first-order valence-corrected chi connectivity index (χ1v) is 9.06. The molecule has 0 aliphatic heterocycles. The average Bonchev–Trinajstić information content (AvgIpc) is 2.61. The van der Waals surface area contributed by atoms with Gasteiger partial charge in [-0.05, 0) is 50.3 Å². The van der Waals surface area contributed by atoms with Gasteiger partial charge in [0, 0.05) is 0 Å². The van der Waals surface area contributed by atoms with E-state index in [1.807, 2.05) is 42.5 Å². The predicted molar refractivity (Wildman–Crippen MR) is 106 cm³/mol. The Kier molecular flexibility index (Phi) is 7.03. The van der Waals surface area contributed by atoms with Gasteiger partial charge in [0.05, 0.1) is 5.92 Å². The third-order valence-electron chi connectivity index (χ3n) is 4.83. The number of alkyl halides is 2. The van der Waals surface area contributed by atoms with E-state index in [1.165, 1.54) is 12.5 Å². The van der Waals surface area contributed by atoms with Crippen molar-refractivity contribution in [2.75, 3.05) is 0 Å². The van der Waals surface area contributed by atoms with Crippen LogP contribution in [0.15, 0.2) is 54.6 Å². The fourth-order valence-corrected chi connectivity index (χ4v) is 3.15. The second-order valence-corrected chi connectivity index (χ2v) is 7.16. The van der Waals surface area contributed by atoms with Gasteiger partial charge in [0.25, 0.3) is 6.43 Å². The van der Waals surface area contributed by atoms with E-state index in [1.54, 1.807) is 0 Å². The molecule has 0 saturated carbocycles. The Balaban J connectivity index is 1.99. The van der Waals surface area contributed by atoms with E-state index in [2.05, 4.69) is 25.1 Å². The topological polar surface area (TPSA) is 37.3 Å². The zero-order valence-electron chi connectivity index (χ0n) is 16.0. The number of carbonyl (C=O) groups excluding carboxylic acids is 1. The highest BCUT2D eigenvalue weighted by Gasteiger charge is 2.42. The SMILES string of the molecule is CC(=O)[C@@H](CC/C=C/c1ccc(-c2cccc(C)c2)cc1)[C@](C)(O)C(F)F. The van der Waals surface area contributed by atoms with Gasteiger partial charge in [-0.1, -0.05) is 66.2 Å². The summed E-state index contributed by atoms with van der Waals surface area (Å²) in [5.41, 5.74) is 2.18. The Morgan fingerprint density at radius 2 is 1.81 bits per heavy atom. The molecule has 0 bridgehead atoms. The highest BCUT2D eigenvalue weighted by atomic mass is 19.3. The van der Waals surface area contributed by atoms with Gasteiger partial charge in [-0.15, -0.1) is 0 Å². The molecule has 0 spiro atoms. The fourth-order valence-electron chi connectivity index (χ4n) is 3.15. The van der Waals surface area contributed by atoms with E-state index in [4.69, 9.17) is 0 Å². The predicted octanol–water partition coefficient (Wildman–Crippen LogP) is 5.68. The van der Waals surface area contributed by atoms with Crippen LogP contribution in [0.25, 0.3) is 17.2 Å². The molecule has 0 unspecified atom stereocenters. The number of allylic oxidation sites excluding steroid dienone is 1. The van der Waals surface area contributed by atoms with Crippen LogP contribution in [0, 0.1) is 12.8 Å². The monoisotopic (exact) mass is 372 g/mol. The van der Waals surface area contributed by atoms with Crippen LogP contribution in [0.5, 0.6) is 0 Å². The number of rotatable bonds is 8. The second-order valence-electron chi connectivity index (χ2n) is 7.16. The summed E-state index contributed by atoms with van der Waals surface area (Å²) in [6.45, 7) is 4.33. The molecule has 0 aromatic heterocycles. The normalized spacial score (nSPS) is 15.1. The molecule has 2 aromatic carbocycles. The van der Waals surface area contributed by atoms with Crippen molar-refractivity contribution in [2.24, 2.45) is 5.92 Å². The number of hydrogen-bond donors (Lipinski definition) is 1. The van der Waals surface area contributed by atoms with Gasteiger partial charge in [0.15, 0.2) is 0 Å². The van der Waals surface area contributed by atoms with E-state index < -0.39 is 23.7 Å². The summed E-state index contributed by atoms with van der Waals surface area (Å²) in [4.78, 5) is 11.6. The lowest BCUT2D eigenvalue weighted by molar-refractivity contribution is -0.148. The van der Waals surface area contributed by atoms with Crippen LogP contribution >= 0.6 is 0 Å². The van der Waals surface area contributed by atoms with Crippen LogP contribution in [0.2, 0.25) is 0 Å². The average molecular weight is 372 g/mol. The Morgan fingerprint density at radius 1 is 1.15 bits per heavy atom. The number of aryl methyl sites for hydroxylation is 1. The smallest absolute Gasteiger partial charge is 0.267 e. The highest BCUT2D eigenvalue weighted by molar-refractivity contribution is 5.79. The minimum atomic E-state index is -2.95. The summed E-state index contributed by atoms with van der Waals surface area (Å²) in [6, 6.07) is 16.3. The fraction of sp³-hybridized carbons (Fsp3) is 0.348. The van der Waals surface area contributed by atoms with Crippen LogP contribution in [0.1, 0.15) is 37.8 Å². The molecule has 27 heavy (non-hydrogen) atoms. The number of Topliss-reactive ketones (excluding diaryl/α,β-unsaturated/α-hetero) is 1. The van der Waals surface area contributed by atoms with E-state index in [0.29, 0.717) is 6.42 Å². The Bertz CT molecular complexity index is 792. The highest BCUT2D eigenvalue weighted by Crippen LogP contribution is 2.29. The molecule has 0 aliphatic rings. The second kappa shape index (κ2) is 9.05. The molecular formula is C23H26F2O2. The van der Waals surface area contributed by atoms with Gasteiger partial charge < -0.3 is 5.11 Å². The first-order valence-electron chi connectivity index (χ1n) is 9.06. The van der Waals surface area contributed by atoms with Crippen LogP contribution in [-0.2, 0) is 4.79 Å². The lowest BCUT2D eigenvalue weighted by Gasteiger charge is -2.30. The van der Waals surface area contributed by atoms with Crippen LogP contribution < -0.4 is 0 Å². The minimum absolute atomic E-state index is 0.185. The van der Waals surface area contributed by atoms with Crippen molar-refractivity contribution in [3.05, 3.63) is 65.7 Å². The molecule has 0 aliphatic carbocycles. The van der Waals surface area contributed by atoms with Gasteiger partial charge in [-0.3, -0.25) is 4.79 Å². The number of benzene rings is 2. The quantitative estimate of drug-likeness (QED) is 0.647. The van der Waals surface area contributed by atoms with Crippen LogP contribution in [0.4, 0.5) is 8.78 Å². The molecule has 0 radical (unpaired) electrons. The van der Waals surface area contributed by atoms with Gasteiger partial charge in [-0.2, -0.15) is 0 Å². The molecule has 2 aromatic rings. The van der Waals surface area contributed by atoms with E-state index >= 15 is 0 Å². The van der Waals surface area contributed by atoms with Gasteiger partial charge in [-0.25, -0.2) is 8.78 Å². The molecule has 0 fully saturated rings. The van der Waals surface area contributed by atoms with E-state index in [9.17, 15) is 18.7 Å². The lowest BCUT2D eigenvalue weighted by atomic mass is 9.83. The molecule has 144 valence electrons. The number of ketones is 1. The number of aliphatic hydroxyl groups is 1. The number of hydrogen-bond acceptors (Lipinski definition) is 2. The molecule has 2 atom stereocenters. The molecule has 1 N–H and O–H groups in total. The van der Waals surface area contributed by atoms with Crippen LogP contribution in [-0.4, -0.2) is 22.9 Å². The maximum Gasteiger partial charge on any atom is 0.267 e. The first-order chi connectivity index (χ1) is 12.7. The van der Waals surface area contributed by atoms with Gasteiger partial charge in [0.2, 0.25) is 0 Å². The van der Waals surface area contributed by atoms with Crippen molar-refractivity contribution in [1.82, 2.24) is 0 Å². The van der Waals surface area contributed by atoms with Gasteiger partial charge in [0.1, 0.15) is 11.4 Å². The van der Waals surface area contributed by atoms with Crippen molar-refractivity contribution in [3.63, 3.8) is 0 Å². The number of halogens is 2. The largest absolute Gasteiger partial charge is 0.383 e. The molecule has 0 saturated heterocycles. The molecule has 2 rings (SSSR count). The maximum absolute atomic E-state index is 13.0. The molecule has 2 nitrogen and oxygen atoms in total. The van der Waals surface area contributed by atoms with E-state index in [0.717, 1.165) is 23.6 Å². The molecule has 4 heteroatoms. The van der Waals surface area contributed by atoms with Gasteiger partial charge >= 0.3 is 0 Å². The molecule has 0 amide bonds. The summed E-state index contributed by atoms with van der Waals surface area (Å²) in [6.07, 6.45) is 1.41. The van der Waals surface area contributed by atoms with Crippen molar-refractivity contribution in [1.29, 1.82) is 0 Å². The van der Waals surface area contributed by atoms with Crippen molar-refractivity contribution < 1.29 is 18.7 Å². The minimum Gasteiger partial charge on any atom is -0.383 e. The summed E-state index contributed by atoms with van der Waals surface area (Å²) < 4.78 is 26.0. The Labute approximate surface area is 159 Å². The zero-order chi connectivity index (χ0) is 20.0. The Hall–Kier alpha value is -2.33. The van der Waals surface area contributed by atoms with Crippen molar-refractivity contribution >= 4 is 11.9 Å². The zero-order valence-corrected chi connectivity index (χ0v) is 16.0. The third kappa shape index (κ3) is 5.57. The van der Waals surface area contributed by atoms with Crippen molar-refractivity contribution in [2.45, 2.75) is 45.6 Å². The Morgan fingerprint density at radius 3 is 2.37 bits per heavy atom. The molecular weight excluding hydrogens is 346 g/mol. The summed E-state index contributed by atoms with van der Waals surface area (Å²) in [7, 11) is 0. The first kappa shape index (κ1) is 21.0. The summed E-state index contributed by atoms with van der Waals surface area (Å²) in [5, 5.41) is 9.90. The van der Waals surface area contributed by atoms with E-state index in [-0.39, 0.29) is 6.42 Å². The summed E-state index contributed by atoms with van der Waals surface area (Å²) >= 11 is 0. The standard InChI is InChI=1S/C23H26F2O2/c1-16-7-6-9-20(15-16)19-13-11-18(12-14-19)8-4-5-10-21(17(2)26)23(3,27)22(24)25/h4,6-9,11-15,21-22,27H,5,10H2,1-3H3/b8-4+/t21-,23+/m1/s1. The van der Waals surface area contributed by atoms with Crippen LogP contribution in [0.3, 0.4) is 0 Å². The lowest BCUT2D eigenvalue weighted by Crippen LogP contribution is -2.45. The summed E-state index contributed by atoms with van der Waals surface area (Å²) in [5.74, 6) is -1.50.